The Bertz CT molecular complexity index is 3360. The number of para-hydroxylation sites is 1. The maximum Gasteiger partial charge on any atom is 0.326 e. The Kier molecular flexibility index (Phi) is 36.5. The lowest BCUT2D eigenvalue weighted by atomic mass is 9.97. The van der Waals surface area contributed by atoms with Crippen molar-refractivity contribution in [3.05, 3.63) is 54.2 Å². The predicted octanol–water partition coefficient (Wildman–Crippen LogP) is -6.58. The van der Waals surface area contributed by atoms with Gasteiger partial charge in [0.1, 0.15) is 66.5 Å². The second kappa shape index (κ2) is 43.3. The average Bonchev–Trinajstić information content (AvgIpc) is 1.66. The Morgan fingerprint density at radius 2 is 1.06 bits per heavy atom. The highest BCUT2D eigenvalue weighted by Gasteiger charge is 2.39. The summed E-state index contributed by atoms with van der Waals surface area (Å²) in [6.45, 7) is 6.71. The molecule has 27 N–H and O–H groups in total. The molecule has 11 amide bonds. The fraction of sp³-hybridized carbons (Fsp3) is 0.587. The van der Waals surface area contributed by atoms with Crippen molar-refractivity contribution in [2.45, 2.75) is 197 Å². The lowest BCUT2D eigenvalue weighted by Gasteiger charge is -2.29. The van der Waals surface area contributed by atoms with Crippen LogP contribution in [0.5, 0.6) is 0 Å². The molecular formula is C63H99N19O20. The minimum absolute atomic E-state index is 0.00568. The van der Waals surface area contributed by atoms with Gasteiger partial charge in [0.25, 0.3) is 0 Å². The monoisotopic (exact) mass is 1440 g/mol. The zero-order valence-corrected chi connectivity index (χ0v) is 57.6. The number of aliphatic hydroxyl groups excluding tert-OH is 3. The molecule has 39 nitrogen and oxygen atoms in total. The van der Waals surface area contributed by atoms with Crippen LogP contribution in [0.1, 0.15) is 117 Å². The molecular weight excluding hydrogens is 1340 g/mol. The zero-order valence-electron chi connectivity index (χ0n) is 57.6. The Morgan fingerprint density at radius 3 is 1.63 bits per heavy atom. The van der Waals surface area contributed by atoms with Gasteiger partial charge in [-0.3, -0.25) is 67.3 Å². The molecule has 3 rings (SSSR count). The number of hydrogen-bond donors (Lipinski definition) is 23. The van der Waals surface area contributed by atoms with Crippen LogP contribution in [0.15, 0.2) is 48.0 Å². The van der Waals surface area contributed by atoms with E-state index in [-0.39, 0.29) is 76.3 Å². The summed E-state index contributed by atoms with van der Waals surface area (Å²) in [5.41, 5.74) is 23.8. The van der Waals surface area contributed by atoms with Crippen LogP contribution >= 0.6 is 0 Å². The Hall–Kier alpha value is -10.4. The number of aliphatic carboxylic acids is 3. The van der Waals surface area contributed by atoms with E-state index in [2.05, 4.69) is 78.4 Å². The second-order valence-corrected chi connectivity index (χ2v) is 24.9. The number of imidazole rings is 1. The molecule has 0 aliphatic carbocycles. The van der Waals surface area contributed by atoms with Gasteiger partial charge in [0, 0.05) is 54.8 Å². The topological polar surface area (TPSA) is 654 Å². The molecule has 2 aromatic heterocycles. The molecule has 0 aliphatic rings. The number of hydrogen-bond acceptors (Lipinski definition) is 21. The third kappa shape index (κ3) is 29.1. The lowest BCUT2D eigenvalue weighted by Crippen LogP contribution is -2.63. The van der Waals surface area contributed by atoms with Crippen LogP contribution in [0.3, 0.4) is 0 Å². The summed E-state index contributed by atoms with van der Waals surface area (Å²) in [6.07, 6.45) is 0.869. The molecule has 0 saturated carbocycles. The van der Waals surface area contributed by atoms with Gasteiger partial charge < -0.3 is 122 Å². The fourth-order valence-corrected chi connectivity index (χ4v) is 10.1. The number of carboxylic acid groups (broad SMARTS) is 3. The van der Waals surface area contributed by atoms with Crippen LogP contribution in [0, 0.1) is 11.8 Å². The molecule has 14 atom stereocenters. The number of rotatable bonds is 47. The molecule has 0 fully saturated rings. The number of H-pyrrole nitrogens is 2. The first kappa shape index (κ1) is 85.8. The summed E-state index contributed by atoms with van der Waals surface area (Å²) in [4.78, 5) is 202. The van der Waals surface area contributed by atoms with Gasteiger partial charge in [-0.15, -0.1) is 0 Å². The normalized spacial score (nSPS) is 15.3. The van der Waals surface area contributed by atoms with Gasteiger partial charge in [0.2, 0.25) is 65.0 Å². The molecule has 0 bridgehead atoms. The van der Waals surface area contributed by atoms with E-state index in [1.165, 1.54) is 19.4 Å². The van der Waals surface area contributed by atoms with Crippen molar-refractivity contribution < 1.29 is 97.8 Å². The first-order valence-corrected chi connectivity index (χ1v) is 33.1. The van der Waals surface area contributed by atoms with E-state index in [9.17, 15) is 92.7 Å². The summed E-state index contributed by atoms with van der Waals surface area (Å²) in [5.74, 6) is -17.6. The standard InChI is InChI=1S/C63H99N19O20/c1-7-31(4)49(81-59(98)46(28-84)79-55(94)42(22-34-25-70-38-14-9-8-13-36(34)38)77-54(93)41(21-30(2)3)76-52(91)37(65)17-18-47(86)87)60(99)78-44(24-48(88)89)57(96)82-50(33(6)85)61(100)80-45(27-83)58(97)72-32(5)51(90)75-43(23-35-26-68-29-71-35)56(95)73-39(16-12-20-69-63(66)67)53(92)74-40(62(101)102)15-10-11-19-64/h8-9,13-14,25-26,29-33,37,39-46,49-50,70,83-85H,7,10-12,15-24,27-28,64-65H2,1-6H3,(H,68,71)(H,72,97)(H,73,95)(H,74,92)(H,75,90)(H,76,91)(H,77,93)(H,78,99)(H,79,94)(H,80,100)(H,81,98)(H,82,96)(H,86,87)(H,88,89)(H,101,102)(H4,66,67,69)/t31-,32-,33+,37-,39-,40-,41-,42-,43-,44-,45-,46-,49-,50-/m0/s1. The van der Waals surface area contributed by atoms with Gasteiger partial charge in [-0.1, -0.05) is 52.3 Å². The van der Waals surface area contributed by atoms with Crippen molar-refractivity contribution in [3.63, 3.8) is 0 Å². The van der Waals surface area contributed by atoms with Gasteiger partial charge in [0.05, 0.1) is 38.1 Å². The van der Waals surface area contributed by atoms with Gasteiger partial charge in [0.15, 0.2) is 5.96 Å². The van der Waals surface area contributed by atoms with Crippen molar-refractivity contribution in [1.82, 2.24) is 73.4 Å². The summed E-state index contributed by atoms with van der Waals surface area (Å²) >= 11 is 0. The van der Waals surface area contributed by atoms with E-state index < -0.39 is 193 Å². The number of aliphatic hydroxyl groups is 3. The van der Waals surface area contributed by atoms with Gasteiger partial charge >= 0.3 is 17.9 Å². The van der Waals surface area contributed by atoms with E-state index in [0.717, 1.165) is 13.8 Å². The second-order valence-electron chi connectivity index (χ2n) is 24.9. The highest BCUT2D eigenvalue weighted by atomic mass is 16.4. The van der Waals surface area contributed by atoms with Crippen molar-refractivity contribution >= 4 is 99.7 Å². The van der Waals surface area contributed by atoms with Gasteiger partial charge in [-0.25, -0.2) is 9.78 Å². The number of guanidine groups is 1. The molecule has 39 heteroatoms. The van der Waals surface area contributed by atoms with E-state index in [0.29, 0.717) is 35.0 Å². The zero-order chi connectivity index (χ0) is 76.5. The van der Waals surface area contributed by atoms with Crippen LogP contribution in [0.25, 0.3) is 10.9 Å². The molecule has 3 aromatic rings. The summed E-state index contributed by atoms with van der Waals surface area (Å²) < 4.78 is 0. The molecule has 102 heavy (non-hydrogen) atoms. The quantitative estimate of drug-likeness (QED) is 0.0142. The number of nitrogens with two attached hydrogens (primary N) is 4. The van der Waals surface area contributed by atoms with E-state index in [4.69, 9.17) is 28.0 Å². The van der Waals surface area contributed by atoms with Gasteiger partial charge in [-0.2, -0.15) is 0 Å². The number of aromatic amines is 2. The number of fused-ring (bicyclic) bond motifs is 1. The van der Waals surface area contributed by atoms with Crippen LogP contribution in [-0.2, 0) is 80.0 Å². The van der Waals surface area contributed by atoms with Crippen molar-refractivity contribution in [2.75, 3.05) is 26.3 Å². The number of nitrogens with one attached hydrogen (secondary N) is 13. The van der Waals surface area contributed by atoms with Crippen molar-refractivity contribution in [3.8, 4) is 0 Å². The average molecular weight is 1440 g/mol. The third-order valence-electron chi connectivity index (χ3n) is 16.1. The Balaban J connectivity index is 1.82. The SMILES string of the molecule is CC[C@H](C)[C@H](NC(=O)[C@H](CO)NC(=O)[C@H](Cc1c[nH]c2ccccc12)NC(=O)[C@H](CC(C)C)NC(=O)[C@@H](N)CCC(=O)O)C(=O)N[C@@H](CC(=O)O)C(=O)N[C@H](C(=O)N[C@@H](CO)C(=O)N[C@@H](C)C(=O)N[C@@H](Cc1cnc[nH]1)C(=O)N[C@@H](CCCN=C(N)N)C(=O)N[C@@H](CCCCN)C(=O)O)[C@@H](C)O. The smallest absolute Gasteiger partial charge is 0.326 e. The maximum atomic E-state index is 14.4. The van der Waals surface area contributed by atoms with E-state index >= 15 is 0 Å². The molecule has 0 saturated heterocycles. The highest BCUT2D eigenvalue weighted by Crippen LogP contribution is 2.20. The van der Waals surface area contributed by atoms with Crippen LogP contribution in [-0.4, -0.2) is 239 Å². The molecule has 566 valence electrons. The lowest BCUT2D eigenvalue weighted by molar-refractivity contribution is -0.143. The fourth-order valence-electron chi connectivity index (χ4n) is 10.1. The summed E-state index contributed by atoms with van der Waals surface area (Å²) in [5, 5.41) is 87.2. The number of carbonyl (C=O) groups excluding carboxylic acids is 11. The Labute approximate surface area is 586 Å². The minimum Gasteiger partial charge on any atom is -0.481 e. The number of aliphatic imine (C=N–C) groups is 1. The molecule has 0 spiro atoms. The number of nitrogens with zero attached hydrogens (tertiary/aromatic N) is 2. The van der Waals surface area contributed by atoms with Crippen molar-refractivity contribution in [2.24, 2.45) is 39.8 Å². The first-order valence-electron chi connectivity index (χ1n) is 33.1. The number of aromatic nitrogens is 3. The predicted molar refractivity (Wildman–Crippen MR) is 364 cm³/mol. The van der Waals surface area contributed by atoms with Crippen LogP contribution in [0.2, 0.25) is 0 Å². The number of unbranched alkanes of at least 4 members (excludes halogenated alkanes) is 1. The largest absolute Gasteiger partial charge is 0.481 e. The number of carboxylic acids is 3. The molecule has 0 unspecified atom stereocenters. The van der Waals surface area contributed by atoms with Gasteiger partial charge in [-0.05, 0) is 88.8 Å². The van der Waals surface area contributed by atoms with E-state index in [1.54, 1.807) is 51.2 Å². The highest BCUT2D eigenvalue weighted by molar-refractivity contribution is 6.00. The van der Waals surface area contributed by atoms with E-state index in [1.807, 2.05) is 0 Å². The first-order chi connectivity index (χ1) is 48.1. The van der Waals surface area contributed by atoms with Crippen molar-refractivity contribution in [1.29, 1.82) is 0 Å². The van der Waals surface area contributed by atoms with Crippen LogP contribution in [0.4, 0.5) is 0 Å². The van der Waals surface area contributed by atoms with Crippen LogP contribution < -0.4 is 81.4 Å². The third-order valence-corrected chi connectivity index (χ3v) is 16.1. The Morgan fingerprint density at radius 1 is 0.549 bits per heavy atom. The number of carbonyl (C=O) groups is 14. The molecule has 2 heterocycles. The minimum atomic E-state index is -2.09. The number of benzene rings is 1. The summed E-state index contributed by atoms with van der Waals surface area (Å²) in [6, 6.07) is -12.7. The molecule has 0 aliphatic heterocycles. The molecule has 1 aromatic carbocycles. The maximum absolute atomic E-state index is 14.4. The molecule has 0 radical (unpaired) electrons. The number of amides is 11. The summed E-state index contributed by atoms with van der Waals surface area (Å²) in [7, 11) is 0.